The molecule has 0 aromatic heterocycles. The minimum atomic E-state index is -1.09. The monoisotopic (exact) mass is 134 g/mol. The number of hydrogen-bond donors (Lipinski definition) is 0. The summed E-state index contributed by atoms with van der Waals surface area (Å²) in [5.41, 5.74) is 0.269. The average molecular weight is 134 g/mol. The van der Waals surface area contributed by atoms with E-state index in [0.29, 0.717) is 0 Å². The number of aliphatic carboxylic acids is 1. The standard InChI is InChI=1S/C6H8O2.Na/c1-4(6(7)8)5-2-3-5;/h5H,1-3H2,(H,7,8);/q;+1/p-1. The minimum Gasteiger partial charge on any atom is -0.545 e. The van der Waals surface area contributed by atoms with Crippen molar-refractivity contribution < 1.29 is 39.5 Å². The number of hydrogen-bond acceptors (Lipinski definition) is 2. The van der Waals surface area contributed by atoms with Crippen molar-refractivity contribution in [1.82, 2.24) is 0 Å². The first-order valence-electron chi connectivity index (χ1n) is 2.62. The third kappa shape index (κ3) is 2.52. The first-order valence-corrected chi connectivity index (χ1v) is 2.62. The van der Waals surface area contributed by atoms with Crippen LogP contribution in [0.2, 0.25) is 0 Å². The molecule has 0 aromatic rings. The van der Waals surface area contributed by atoms with Gasteiger partial charge in [-0.05, 0) is 24.3 Å². The van der Waals surface area contributed by atoms with Gasteiger partial charge in [-0.2, -0.15) is 0 Å². The molecule has 44 valence electrons. The molecule has 0 unspecified atom stereocenters. The van der Waals surface area contributed by atoms with E-state index in [9.17, 15) is 9.90 Å². The molecule has 0 aromatic carbocycles. The molecule has 2 nitrogen and oxygen atoms in total. The number of carbonyl (C=O) groups excluding carboxylic acids is 1. The molecule has 0 N–H and O–H groups in total. The van der Waals surface area contributed by atoms with Crippen LogP contribution in [-0.2, 0) is 4.79 Å². The molecule has 1 fully saturated rings. The van der Waals surface area contributed by atoms with Gasteiger partial charge in [0.15, 0.2) is 0 Å². The molecule has 0 atom stereocenters. The van der Waals surface area contributed by atoms with Gasteiger partial charge in [-0.15, -0.1) is 0 Å². The summed E-state index contributed by atoms with van der Waals surface area (Å²) in [6, 6.07) is 0. The zero-order valence-corrected chi connectivity index (χ0v) is 7.52. The quantitative estimate of drug-likeness (QED) is 0.293. The van der Waals surface area contributed by atoms with Crippen LogP contribution in [0.3, 0.4) is 0 Å². The Hall–Kier alpha value is 0.210. The zero-order chi connectivity index (χ0) is 6.15. The second kappa shape index (κ2) is 3.40. The summed E-state index contributed by atoms with van der Waals surface area (Å²) in [5, 5.41) is 9.97. The van der Waals surface area contributed by atoms with Crippen LogP contribution in [-0.4, -0.2) is 5.97 Å². The topological polar surface area (TPSA) is 40.1 Å². The van der Waals surface area contributed by atoms with E-state index in [0.717, 1.165) is 12.8 Å². The SMILES string of the molecule is C=C(C(=O)[O-])C1CC1.[Na+]. The van der Waals surface area contributed by atoms with Crippen molar-refractivity contribution in [1.29, 1.82) is 0 Å². The maximum atomic E-state index is 9.97. The zero-order valence-electron chi connectivity index (χ0n) is 5.52. The van der Waals surface area contributed by atoms with Gasteiger partial charge < -0.3 is 9.90 Å². The Bertz CT molecular complexity index is 138. The molecule has 0 aliphatic heterocycles. The van der Waals surface area contributed by atoms with Crippen molar-refractivity contribution in [3.05, 3.63) is 12.2 Å². The van der Waals surface area contributed by atoms with E-state index in [1.807, 2.05) is 0 Å². The number of carboxylic acids is 1. The van der Waals surface area contributed by atoms with Crippen molar-refractivity contribution in [3.8, 4) is 0 Å². The van der Waals surface area contributed by atoms with E-state index in [1.165, 1.54) is 0 Å². The molecule has 0 amide bonds. The Morgan fingerprint density at radius 2 is 2.00 bits per heavy atom. The molecular formula is C6H7NaO2. The summed E-state index contributed by atoms with van der Waals surface area (Å²) < 4.78 is 0. The molecule has 0 radical (unpaired) electrons. The van der Waals surface area contributed by atoms with Gasteiger partial charge in [0.2, 0.25) is 0 Å². The largest absolute Gasteiger partial charge is 1.00 e. The Balaban J connectivity index is 0.000000640. The summed E-state index contributed by atoms with van der Waals surface area (Å²) in [4.78, 5) is 9.97. The summed E-state index contributed by atoms with van der Waals surface area (Å²) in [6.45, 7) is 3.35. The normalized spacial score (nSPS) is 16.0. The first-order chi connectivity index (χ1) is 3.72. The van der Waals surface area contributed by atoms with Gasteiger partial charge >= 0.3 is 29.6 Å². The van der Waals surface area contributed by atoms with E-state index in [-0.39, 0.29) is 41.0 Å². The van der Waals surface area contributed by atoms with Gasteiger partial charge in [0.05, 0.1) is 5.97 Å². The van der Waals surface area contributed by atoms with Crippen LogP contribution in [0.15, 0.2) is 12.2 Å². The maximum absolute atomic E-state index is 9.97. The molecule has 1 aliphatic carbocycles. The molecule has 0 bridgehead atoms. The van der Waals surface area contributed by atoms with Gasteiger partial charge in [-0.25, -0.2) is 0 Å². The molecule has 1 saturated carbocycles. The Morgan fingerprint density at radius 1 is 1.56 bits per heavy atom. The number of carboxylic acid groups (broad SMARTS) is 1. The van der Waals surface area contributed by atoms with Crippen molar-refractivity contribution in [3.63, 3.8) is 0 Å². The summed E-state index contributed by atoms with van der Waals surface area (Å²) in [6.07, 6.45) is 1.96. The molecular weight excluding hydrogens is 127 g/mol. The van der Waals surface area contributed by atoms with Gasteiger partial charge in [0, 0.05) is 0 Å². The van der Waals surface area contributed by atoms with Gasteiger partial charge in [-0.3, -0.25) is 0 Å². The van der Waals surface area contributed by atoms with Crippen LogP contribution in [0.25, 0.3) is 0 Å². The molecule has 1 aliphatic rings. The molecule has 0 spiro atoms. The van der Waals surface area contributed by atoms with Gasteiger partial charge in [0.25, 0.3) is 0 Å². The number of rotatable bonds is 2. The fourth-order valence-corrected chi connectivity index (χ4v) is 0.598. The van der Waals surface area contributed by atoms with E-state index in [2.05, 4.69) is 6.58 Å². The van der Waals surface area contributed by atoms with Crippen molar-refractivity contribution in [2.45, 2.75) is 12.8 Å². The molecule has 0 heterocycles. The smallest absolute Gasteiger partial charge is 0.545 e. The maximum Gasteiger partial charge on any atom is 1.00 e. The van der Waals surface area contributed by atoms with Gasteiger partial charge in [0.1, 0.15) is 0 Å². The predicted octanol–water partition coefficient (Wildman–Crippen LogP) is -3.29. The fourth-order valence-electron chi connectivity index (χ4n) is 0.598. The molecule has 1 rings (SSSR count). The van der Waals surface area contributed by atoms with E-state index < -0.39 is 5.97 Å². The Morgan fingerprint density at radius 3 is 2.11 bits per heavy atom. The van der Waals surface area contributed by atoms with Crippen LogP contribution >= 0.6 is 0 Å². The van der Waals surface area contributed by atoms with E-state index in [1.54, 1.807) is 0 Å². The Kier molecular flexibility index (Phi) is 3.48. The van der Waals surface area contributed by atoms with E-state index in [4.69, 9.17) is 0 Å². The van der Waals surface area contributed by atoms with Crippen molar-refractivity contribution in [2.24, 2.45) is 5.92 Å². The Labute approximate surface area is 76.2 Å². The van der Waals surface area contributed by atoms with Crippen molar-refractivity contribution >= 4 is 5.97 Å². The van der Waals surface area contributed by atoms with E-state index >= 15 is 0 Å². The van der Waals surface area contributed by atoms with Gasteiger partial charge in [-0.1, -0.05) is 6.58 Å². The molecule has 0 saturated heterocycles. The first kappa shape index (κ1) is 9.21. The third-order valence-electron chi connectivity index (χ3n) is 1.33. The van der Waals surface area contributed by atoms with Crippen LogP contribution in [0.5, 0.6) is 0 Å². The second-order valence-electron chi connectivity index (χ2n) is 2.09. The average Bonchev–Trinajstić information content (AvgIpc) is 2.43. The second-order valence-corrected chi connectivity index (χ2v) is 2.09. The summed E-state index contributed by atoms with van der Waals surface area (Å²) in [7, 11) is 0. The summed E-state index contributed by atoms with van der Waals surface area (Å²) in [5.74, 6) is -0.854. The van der Waals surface area contributed by atoms with Crippen LogP contribution in [0.4, 0.5) is 0 Å². The van der Waals surface area contributed by atoms with Crippen molar-refractivity contribution in [2.75, 3.05) is 0 Å². The van der Waals surface area contributed by atoms with Crippen LogP contribution in [0, 0.1) is 5.92 Å². The number of carbonyl (C=O) groups is 1. The predicted molar refractivity (Wildman–Crippen MR) is 26.9 cm³/mol. The minimum absolute atomic E-state index is 0. The fraction of sp³-hybridized carbons (Fsp3) is 0.500. The van der Waals surface area contributed by atoms with Crippen LogP contribution in [0.1, 0.15) is 12.8 Å². The molecule has 9 heavy (non-hydrogen) atoms. The van der Waals surface area contributed by atoms with Crippen LogP contribution < -0.4 is 34.7 Å². The third-order valence-corrected chi connectivity index (χ3v) is 1.33. The molecule has 3 heteroatoms. The summed E-state index contributed by atoms with van der Waals surface area (Å²) >= 11 is 0.